The molecule has 0 aliphatic rings. The second kappa shape index (κ2) is 7.58. The first-order valence-electron chi connectivity index (χ1n) is 8.41. The fourth-order valence-corrected chi connectivity index (χ4v) is 2.93. The smallest absolute Gasteiger partial charge is 0.167 e. The highest BCUT2D eigenvalue weighted by molar-refractivity contribution is 5.71. The van der Waals surface area contributed by atoms with Crippen molar-refractivity contribution in [1.82, 2.24) is 0 Å². The van der Waals surface area contributed by atoms with Crippen LogP contribution in [0.4, 0.5) is 8.78 Å². The molecule has 0 spiro atoms. The number of benzene rings is 3. The molecule has 25 heavy (non-hydrogen) atoms. The fraction of sp³-hybridized carbons (Fsp3) is 0.182. The van der Waals surface area contributed by atoms with Gasteiger partial charge in [0.1, 0.15) is 0 Å². The molecule has 0 atom stereocenters. The summed E-state index contributed by atoms with van der Waals surface area (Å²) in [5.74, 6) is -1.92. The minimum Gasteiger partial charge on any atom is -0.392 e. The highest BCUT2D eigenvalue weighted by atomic mass is 19.2. The zero-order chi connectivity index (χ0) is 17.8. The minimum absolute atomic E-state index is 0.0370. The van der Waals surface area contributed by atoms with Crippen molar-refractivity contribution in [1.29, 1.82) is 0 Å². The summed E-state index contributed by atoms with van der Waals surface area (Å²) in [6.07, 6.45) is 2.18. The van der Waals surface area contributed by atoms with E-state index < -0.39 is 18.2 Å². The van der Waals surface area contributed by atoms with Crippen LogP contribution in [-0.2, 0) is 13.0 Å². The van der Waals surface area contributed by atoms with E-state index in [9.17, 15) is 8.78 Å². The van der Waals surface area contributed by atoms with Crippen LogP contribution < -0.4 is 0 Å². The molecule has 0 saturated heterocycles. The molecule has 3 aromatic carbocycles. The van der Waals surface area contributed by atoms with Crippen LogP contribution in [0.25, 0.3) is 22.3 Å². The van der Waals surface area contributed by atoms with Gasteiger partial charge in [-0.1, -0.05) is 74.0 Å². The summed E-state index contributed by atoms with van der Waals surface area (Å²) < 4.78 is 28.0. The molecule has 0 fully saturated rings. The van der Waals surface area contributed by atoms with Crippen LogP contribution in [0.3, 0.4) is 0 Å². The molecule has 0 aliphatic heterocycles. The third-order valence-corrected chi connectivity index (χ3v) is 4.35. The Balaban J connectivity index is 1.89. The van der Waals surface area contributed by atoms with Gasteiger partial charge in [-0.3, -0.25) is 0 Å². The molecule has 0 unspecified atom stereocenters. The van der Waals surface area contributed by atoms with E-state index in [2.05, 4.69) is 31.2 Å². The molecule has 3 heteroatoms. The van der Waals surface area contributed by atoms with Crippen molar-refractivity contribution in [2.45, 2.75) is 26.4 Å². The van der Waals surface area contributed by atoms with Gasteiger partial charge in [-0.05, 0) is 28.7 Å². The number of aliphatic hydroxyl groups excluding tert-OH is 1. The highest BCUT2D eigenvalue weighted by Gasteiger charge is 2.14. The van der Waals surface area contributed by atoms with E-state index >= 15 is 0 Å². The summed E-state index contributed by atoms with van der Waals surface area (Å²) in [6, 6.07) is 18.7. The third kappa shape index (κ3) is 3.62. The molecular weight excluding hydrogens is 318 g/mol. The van der Waals surface area contributed by atoms with Gasteiger partial charge in [-0.15, -0.1) is 0 Å². The Hall–Kier alpha value is -2.52. The molecular formula is C22H20F2O. The van der Waals surface area contributed by atoms with Gasteiger partial charge in [0.15, 0.2) is 11.6 Å². The van der Waals surface area contributed by atoms with E-state index in [4.69, 9.17) is 5.11 Å². The number of rotatable bonds is 5. The van der Waals surface area contributed by atoms with Gasteiger partial charge in [0.25, 0.3) is 0 Å². The lowest BCUT2D eigenvalue weighted by molar-refractivity contribution is 0.273. The first-order chi connectivity index (χ1) is 12.1. The van der Waals surface area contributed by atoms with Crippen LogP contribution >= 0.6 is 0 Å². The highest BCUT2D eigenvalue weighted by Crippen LogP contribution is 2.29. The van der Waals surface area contributed by atoms with Gasteiger partial charge >= 0.3 is 0 Å². The Bertz CT molecular complexity index is 852. The average molecular weight is 338 g/mol. The molecule has 3 rings (SSSR count). The van der Waals surface area contributed by atoms with Crippen molar-refractivity contribution in [3.63, 3.8) is 0 Å². The number of aryl methyl sites for hydroxylation is 1. The molecule has 0 amide bonds. The molecule has 0 aromatic heterocycles. The topological polar surface area (TPSA) is 20.2 Å². The summed E-state index contributed by atoms with van der Waals surface area (Å²) in [5.41, 5.74) is 4.19. The predicted octanol–water partition coefficient (Wildman–Crippen LogP) is 5.74. The van der Waals surface area contributed by atoms with Crippen molar-refractivity contribution in [3.05, 3.63) is 83.4 Å². The Morgan fingerprint density at radius 1 is 0.720 bits per heavy atom. The van der Waals surface area contributed by atoms with Crippen LogP contribution in [0, 0.1) is 11.6 Å². The maximum Gasteiger partial charge on any atom is 0.167 e. The van der Waals surface area contributed by atoms with E-state index in [1.807, 2.05) is 12.1 Å². The lowest BCUT2D eigenvalue weighted by Gasteiger charge is -2.09. The zero-order valence-electron chi connectivity index (χ0n) is 14.1. The molecule has 3 aromatic rings. The van der Waals surface area contributed by atoms with Gasteiger partial charge in [-0.25, -0.2) is 8.78 Å². The number of aliphatic hydroxyl groups is 1. The van der Waals surface area contributed by atoms with Crippen molar-refractivity contribution < 1.29 is 13.9 Å². The fourth-order valence-electron chi connectivity index (χ4n) is 2.93. The standard InChI is InChI=1S/C22H20F2O/c1-2-3-15-4-6-16(7-5-15)17-8-10-18(11-9-17)20-13-12-19(14-25)21(23)22(20)24/h4-13,25H,2-3,14H2,1H3. The van der Waals surface area contributed by atoms with Gasteiger partial charge in [0.2, 0.25) is 0 Å². The van der Waals surface area contributed by atoms with Crippen molar-refractivity contribution in [2.24, 2.45) is 0 Å². The Morgan fingerprint density at radius 3 is 1.84 bits per heavy atom. The van der Waals surface area contributed by atoms with Gasteiger partial charge < -0.3 is 5.11 Å². The van der Waals surface area contributed by atoms with E-state index in [0.717, 1.165) is 24.0 Å². The summed E-state index contributed by atoms with van der Waals surface area (Å²) in [5, 5.41) is 9.01. The Morgan fingerprint density at radius 2 is 1.28 bits per heavy atom. The van der Waals surface area contributed by atoms with E-state index in [-0.39, 0.29) is 11.1 Å². The molecule has 1 nitrogen and oxygen atoms in total. The van der Waals surface area contributed by atoms with Gasteiger partial charge in [-0.2, -0.15) is 0 Å². The predicted molar refractivity (Wildman–Crippen MR) is 97.1 cm³/mol. The van der Waals surface area contributed by atoms with E-state index in [1.54, 1.807) is 12.1 Å². The lowest BCUT2D eigenvalue weighted by Crippen LogP contribution is -1.96. The third-order valence-electron chi connectivity index (χ3n) is 4.35. The molecule has 0 bridgehead atoms. The number of hydrogen-bond donors (Lipinski definition) is 1. The molecule has 0 saturated carbocycles. The summed E-state index contributed by atoms with van der Waals surface area (Å²) >= 11 is 0. The SMILES string of the molecule is CCCc1ccc(-c2ccc(-c3ccc(CO)c(F)c3F)cc2)cc1. The van der Waals surface area contributed by atoms with Crippen LogP contribution in [0.1, 0.15) is 24.5 Å². The average Bonchev–Trinajstić information content (AvgIpc) is 2.65. The zero-order valence-corrected chi connectivity index (χ0v) is 14.1. The summed E-state index contributed by atoms with van der Waals surface area (Å²) in [6.45, 7) is 1.64. The normalized spacial score (nSPS) is 10.9. The van der Waals surface area contributed by atoms with Crippen molar-refractivity contribution in [2.75, 3.05) is 0 Å². The first-order valence-corrected chi connectivity index (χ1v) is 8.41. The van der Waals surface area contributed by atoms with E-state index in [1.165, 1.54) is 17.7 Å². The maximum atomic E-state index is 14.2. The Labute approximate surface area is 146 Å². The quantitative estimate of drug-likeness (QED) is 0.628. The molecule has 1 N–H and O–H groups in total. The largest absolute Gasteiger partial charge is 0.392 e. The van der Waals surface area contributed by atoms with Gasteiger partial charge in [0, 0.05) is 11.1 Å². The van der Waals surface area contributed by atoms with Crippen molar-refractivity contribution >= 4 is 0 Å². The van der Waals surface area contributed by atoms with Crippen LogP contribution in [0.15, 0.2) is 60.7 Å². The molecule has 128 valence electrons. The van der Waals surface area contributed by atoms with Crippen molar-refractivity contribution in [3.8, 4) is 22.3 Å². The van der Waals surface area contributed by atoms with E-state index in [0.29, 0.717) is 5.56 Å². The molecule has 0 radical (unpaired) electrons. The maximum absolute atomic E-state index is 14.2. The number of hydrogen-bond acceptors (Lipinski definition) is 1. The Kier molecular flexibility index (Phi) is 5.25. The molecule has 0 aliphatic carbocycles. The second-order valence-electron chi connectivity index (χ2n) is 6.08. The monoisotopic (exact) mass is 338 g/mol. The lowest BCUT2D eigenvalue weighted by atomic mass is 9.98. The molecule has 0 heterocycles. The summed E-state index contributed by atoms with van der Waals surface area (Å²) in [4.78, 5) is 0. The summed E-state index contributed by atoms with van der Waals surface area (Å²) in [7, 11) is 0. The van der Waals surface area contributed by atoms with Crippen LogP contribution in [0.2, 0.25) is 0 Å². The van der Waals surface area contributed by atoms with Crippen LogP contribution in [-0.4, -0.2) is 5.11 Å². The first kappa shape index (κ1) is 17.3. The number of halogens is 2. The second-order valence-corrected chi connectivity index (χ2v) is 6.08. The van der Waals surface area contributed by atoms with Crippen LogP contribution in [0.5, 0.6) is 0 Å². The van der Waals surface area contributed by atoms with Gasteiger partial charge in [0.05, 0.1) is 6.61 Å². The minimum atomic E-state index is -0.990.